The number of para-hydroxylation sites is 2. The topological polar surface area (TPSA) is 343 Å². The molecule has 0 unspecified atom stereocenters. The normalized spacial score (nSPS) is 23.4. The number of aromatic nitrogens is 2. The summed E-state index contributed by atoms with van der Waals surface area (Å²) in [6.07, 6.45) is 2.84. The van der Waals surface area contributed by atoms with Crippen LogP contribution in [0.25, 0.3) is 21.8 Å². The van der Waals surface area contributed by atoms with Crippen LogP contribution in [0.3, 0.4) is 0 Å². The van der Waals surface area contributed by atoms with Gasteiger partial charge < -0.3 is 70.9 Å². The van der Waals surface area contributed by atoms with Crippen LogP contribution in [0.1, 0.15) is 93.6 Å². The number of nitrogens with zero attached hydrogens (tertiary/aromatic N) is 8. The van der Waals surface area contributed by atoms with Gasteiger partial charge in [-0.05, 0) is 74.6 Å². The van der Waals surface area contributed by atoms with E-state index in [-0.39, 0.29) is 44.1 Å². The van der Waals surface area contributed by atoms with Gasteiger partial charge in [-0.1, -0.05) is 70.5 Å². The number of piperidine rings is 2. The van der Waals surface area contributed by atoms with Gasteiger partial charge in [-0.2, -0.15) is 0 Å². The van der Waals surface area contributed by atoms with Gasteiger partial charge in [0.25, 0.3) is 11.8 Å². The van der Waals surface area contributed by atoms with E-state index in [1.165, 1.54) is 55.0 Å². The van der Waals surface area contributed by atoms with Crippen molar-refractivity contribution >= 4 is 86.8 Å². The lowest BCUT2D eigenvalue weighted by Gasteiger charge is -2.37. The third-order valence-electron chi connectivity index (χ3n) is 16.6. The van der Waals surface area contributed by atoms with E-state index in [2.05, 4.69) is 36.6 Å². The predicted molar refractivity (Wildman–Crippen MR) is 321 cm³/mol. The molecule has 88 heavy (non-hydrogen) atoms. The number of nitrogens with one attached hydrogen (secondary N) is 5. The molecule has 0 aliphatic carbocycles. The Morgan fingerprint density at radius 1 is 0.602 bits per heavy atom. The number of fused-ring (bicyclic) bond motifs is 4. The number of benzene rings is 2. The van der Waals surface area contributed by atoms with Crippen LogP contribution in [0.4, 0.5) is 0 Å². The molecule has 2 aromatic carbocycles. The van der Waals surface area contributed by atoms with E-state index in [1.807, 2.05) is 13.8 Å². The van der Waals surface area contributed by atoms with Crippen molar-refractivity contribution in [2.45, 2.75) is 109 Å². The van der Waals surface area contributed by atoms with Gasteiger partial charge in [-0.3, -0.25) is 52.7 Å². The average Bonchev–Trinajstić information content (AvgIpc) is 3.57. The van der Waals surface area contributed by atoms with Gasteiger partial charge in [-0.25, -0.2) is 9.97 Å². The van der Waals surface area contributed by atoms with E-state index >= 15 is 0 Å². The van der Waals surface area contributed by atoms with Crippen LogP contribution in [-0.2, 0) is 47.9 Å². The van der Waals surface area contributed by atoms with Crippen molar-refractivity contribution in [3.05, 3.63) is 72.1 Å². The van der Waals surface area contributed by atoms with E-state index in [4.69, 9.17) is 4.74 Å². The molecule has 2 aromatic heterocycles. The Balaban J connectivity index is 1.17. The van der Waals surface area contributed by atoms with E-state index < -0.39 is 164 Å². The molecule has 7 atom stereocenters. The van der Waals surface area contributed by atoms with Gasteiger partial charge in [0.15, 0.2) is 11.4 Å². The van der Waals surface area contributed by atoms with Crippen LogP contribution in [0.2, 0.25) is 0 Å². The Bertz CT molecular complexity index is 3290. The Labute approximate surface area is 510 Å². The lowest BCUT2D eigenvalue weighted by molar-refractivity contribution is -0.147. The third kappa shape index (κ3) is 16.1. The fraction of sp³-hybridized carbons (Fsp3) is 0.525. The van der Waals surface area contributed by atoms with Crippen molar-refractivity contribution < 1.29 is 67.7 Å². The first-order chi connectivity index (χ1) is 41.9. The molecule has 7 rings (SSSR count). The molecule has 3 saturated heterocycles. The molecule has 474 valence electrons. The van der Waals surface area contributed by atoms with Crippen LogP contribution < -0.4 is 26.6 Å². The van der Waals surface area contributed by atoms with E-state index in [9.17, 15) is 63.0 Å². The second kappa shape index (κ2) is 30.1. The number of hydrogen-bond donors (Lipinski definition) is 7. The number of likely N-dealkylation sites (N-methyl/N-ethyl adjacent to an activating group) is 4. The number of carbonyl (C=O) groups is 11. The van der Waals surface area contributed by atoms with Gasteiger partial charge >= 0.3 is 0 Å². The molecular formula is C61H81N13O14. The van der Waals surface area contributed by atoms with Gasteiger partial charge in [-0.15, -0.1) is 0 Å². The summed E-state index contributed by atoms with van der Waals surface area (Å²) in [5.41, 5.74) is -0.0553. The molecule has 0 radical (unpaired) electrons. The number of hydrogen-bond acceptors (Lipinski definition) is 16. The van der Waals surface area contributed by atoms with E-state index in [0.29, 0.717) is 53.9 Å². The Kier molecular flexibility index (Phi) is 22.7. The maximum Gasteiger partial charge on any atom is 0.274 e. The summed E-state index contributed by atoms with van der Waals surface area (Å²) >= 11 is 0. The summed E-state index contributed by atoms with van der Waals surface area (Å²) in [5.74, 6) is -9.89. The quantitative estimate of drug-likeness (QED) is 0.133. The highest BCUT2D eigenvalue weighted by atomic mass is 16.5. The zero-order chi connectivity index (χ0) is 64.1. The van der Waals surface area contributed by atoms with Crippen molar-refractivity contribution in [1.82, 2.24) is 66.0 Å². The largest absolute Gasteiger partial charge is 0.505 e. The highest BCUT2D eigenvalue weighted by Crippen LogP contribution is 2.26. The van der Waals surface area contributed by atoms with Gasteiger partial charge in [0.2, 0.25) is 53.2 Å². The molecule has 4 aromatic rings. The minimum Gasteiger partial charge on any atom is -0.505 e. The van der Waals surface area contributed by atoms with Gasteiger partial charge in [0.05, 0.1) is 56.5 Å². The Hall–Kier alpha value is -9.01. The SMILES string of the molecule is CC[C@H](C)[C@H]1COC[C@@H](NC(=O)c2nc3ccccc3cc2O)C(=O)N2CCCC[C@H]2C(=O)NCC(=O)N(C)CC(=O)N(C)[C@@H](C(C)C)C(=O)NC[C@@H](NC(=O)c2nc3ccccc3cc2O)C(=O)N2CCCC[C@H]2C(=O)NCC(=O)N(C)CC(=O)N1C. The molecule has 0 bridgehead atoms. The van der Waals surface area contributed by atoms with Gasteiger partial charge in [0, 0.05) is 58.6 Å². The van der Waals surface area contributed by atoms with Crippen molar-refractivity contribution in [2.75, 3.05) is 87.2 Å². The molecule has 0 spiro atoms. The van der Waals surface area contributed by atoms with E-state index in [1.54, 1.807) is 62.4 Å². The first-order valence-electron chi connectivity index (χ1n) is 29.7. The molecule has 0 saturated carbocycles. The van der Waals surface area contributed by atoms with Crippen LogP contribution in [-0.4, -0.2) is 238 Å². The smallest absolute Gasteiger partial charge is 0.274 e. The third-order valence-corrected chi connectivity index (χ3v) is 16.6. The van der Waals surface area contributed by atoms with Crippen molar-refractivity contribution in [3.63, 3.8) is 0 Å². The molecule has 5 heterocycles. The first-order valence-corrected chi connectivity index (χ1v) is 29.7. The summed E-state index contributed by atoms with van der Waals surface area (Å²) < 4.78 is 6.24. The number of ether oxygens (including phenoxy) is 1. The Morgan fingerprint density at radius 3 is 1.53 bits per heavy atom. The predicted octanol–water partition coefficient (Wildman–Crippen LogP) is 0.505. The lowest BCUT2D eigenvalue weighted by atomic mass is 9.98. The zero-order valence-corrected chi connectivity index (χ0v) is 51.1. The Morgan fingerprint density at radius 2 is 1.06 bits per heavy atom. The summed E-state index contributed by atoms with van der Waals surface area (Å²) in [6.45, 7) is 3.82. The first kappa shape index (κ1) is 66.5. The number of amides is 11. The zero-order valence-electron chi connectivity index (χ0n) is 51.1. The maximum absolute atomic E-state index is 14.8. The second-order valence-corrected chi connectivity index (χ2v) is 23.1. The summed E-state index contributed by atoms with van der Waals surface area (Å²) in [6, 6.07) is 8.96. The highest BCUT2D eigenvalue weighted by Gasteiger charge is 2.41. The number of carbonyl (C=O) groups excluding carboxylic acids is 11. The minimum atomic E-state index is -1.59. The number of pyridine rings is 2. The van der Waals surface area contributed by atoms with E-state index in [0.717, 1.165) is 14.7 Å². The fourth-order valence-corrected chi connectivity index (χ4v) is 11.2. The molecule has 27 nitrogen and oxygen atoms in total. The molecule has 7 N–H and O–H groups in total. The monoisotopic (exact) mass is 1220 g/mol. The molecule has 3 aliphatic rings. The van der Waals surface area contributed by atoms with Crippen LogP contribution in [0, 0.1) is 11.8 Å². The summed E-state index contributed by atoms with van der Waals surface area (Å²) in [4.78, 5) is 172. The lowest BCUT2D eigenvalue weighted by Crippen LogP contribution is -2.61. The number of rotatable bonds is 7. The van der Waals surface area contributed by atoms with Gasteiger partial charge in [0.1, 0.15) is 41.7 Å². The van der Waals surface area contributed by atoms with Crippen LogP contribution >= 0.6 is 0 Å². The standard InChI is InChI=1S/C61H81N13O14/c1-9-36(4)45-34-88-33-42(68-58(84)53-47(76)27-38-19-11-13-21-40(38)66-53)61(87)74-25-17-15-23-44(74)56(82)64-30-49(78)70(6)32-51(80)72(8)54(35(2)3)59(85)62-28-41(67-57(83)52-46(75)26-37-18-10-12-20-39(37)65-52)60(86)73-24-16-14-22-43(73)55(81)63-29-48(77)69(5)31-50(79)71(45)7/h10-13,18-21,26-27,35-36,41-45,54,75-76H,9,14-17,22-25,28-34H2,1-8H3,(H,62,85)(H,63,81)(H,64,82)(H,67,83)(H,68,84)/t36-,41+,42+,43-,44-,45+,54-/m0/s1. The fourth-order valence-electron chi connectivity index (χ4n) is 11.2. The molecular weight excluding hydrogens is 1140 g/mol. The second-order valence-electron chi connectivity index (χ2n) is 23.1. The molecule has 3 aliphatic heterocycles. The summed E-state index contributed by atoms with van der Waals surface area (Å²) in [7, 11) is 5.59. The molecule has 27 heteroatoms. The average molecular weight is 1220 g/mol. The van der Waals surface area contributed by atoms with Crippen molar-refractivity contribution in [1.29, 1.82) is 0 Å². The van der Waals surface area contributed by atoms with Crippen LogP contribution in [0.5, 0.6) is 11.5 Å². The summed E-state index contributed by atoms with van der Waals surface area (Å²) in [5, 5.41) is 36.2. The highest BCUT2D eigenvalue weighted by molar-refractivity contribution is 6.03. The number of aromatic hydroxyl groups is 2. The van der Waals surface area contributed by atoms with Crippen molar-refractivity contribution in [2.24, 2.45) is 11.8 Å². The maximum atomic E-state index is 14.8. The van der Waals surface area contributed by atoms with Crippen LogP contribution in [0.15, 0.2) is 60.7 Å². The minimum absolute atomic E-state index is 0.0339. The van der Waals surface area contributed by atoms with Crippen molar-refractivity contribution in [3.8, 4) is 11.5 Å². The molecule has 3 fully saturated rings. The molecule has 11 amide bonds.